The van der Waals surface area contributed by atoms with Gasteiger partial charge in [0.2, 0.25) is 5.91 Å². The van der Waals surface area contributed by atoms with Crippen LogP contribution in [0.5, 0.6) is 0 Å². The summed E-state index contributed by atoms with van der Waals surface area (Å²) in [6, 6.07) is 8.28. The molecule has 1 aromatic carbocycles. The van der Waals surface area contributed by atoms with Crippen LogP contribution in [0.15, 0.2) is 28.2 Å². The maximum Gasteiger partial charge on any atom is 0.244 e. The van der Waals surface area contributed by atoms with Gasteiger partial charge in [0.1, 0.15) is 0 Å². The van der Waals surface area contributed by atoms with Gasteiger partial charge in [0, 0.05) is 6.42 Å². The van der Waals surface area contributed by atoms with Crippen LogP contribution in [-0.2, 0) is 11.2 Å². The van der Waals surface area contributed by atoms with Crippen molar-refractivity contribution in [3.63, 3.8) is 0 Å². The predicted octanol–water partition coefficient (Wildman–Crippen LogP) is 3.82. The first kappa shape index (κ1) is 14.7. The number of carbonyl (C=O) groups excluding carboxylic acids is 1. The molecule has 1 N–H and O–H groups in total. The van der Waals surface area contributed by atoms with Gasteiger partial charge in [-0.25, -0.2) is 9.88 Å². The summed E-state index contributed by atoms with van der Waals surface area (Å²) in [6.45, 7) is 2.06. The zero-order chi connectivity index (χ0) is 15.0. The lowest BCUT2D eigenvalue weighted by molar-refractivity contribution is -0.115. The lowest BCUT2D eigenvalue weighted by Gasteiger charge is -2.13. The Morgan fingerprint density at radius 2 is 2.29 bits per heavy atom. The average Bonchev–Trinajstić information content (AvgIpc) is 2.93. The summed E-state index contributed by atoms with van der Waals surface area (Å²) in [5.41, 5.74) is 2.39. The number of hydrogen-bond acceptors (Lipinski definition) is 5. The lowest BCUT2D eigenvalue weighted by Crippen LogP contribution is -2.29. The van der Waals surface area contributed by atoms with Gasteiger partial charge in [-0.2, -0.15) is 0 Å². The Balaban J connectivity index is 1.96. The number of rotatable bonds is 3. The van der Waals surface area contributed by atoms with Crippen molar-refractivity contribution in [1.29, 1.82) is 5.41 Å². The van der Waals surface area contributed by atoms with Crippen molar-refractivity contribution < 1.29 is 4.79 Å². The van der Waals surface area contributed by atoms with Crippen LogP contribution in [0.4, 0.5) is 5.82 Å². The third-order valence-electron chi connectivity index (χ3n) is 3.09. The molecular weight excluding hydrogens is 370 g/mol. The Kier molecular flexibility index (Phi) is 4.14. The molecule has 4 nitrogen and oxygen atoms in total. The molecule has 108 valence electrons. The van der Waals surface area contributed by atoms with Crippen molar-refractivity contribution >= 4 is 55.9 Å². The smallest absolute Gasteiger partial charge is 0.244 e. The first-order chi connectivity index (χ1) is 10.0. The number of halogens is 1. The fraction of sp³-hybridized carbons (Fsp3) is 0.214. The second kappa shape index (κ2) is 5.90. The van der Waals surface area contributed by atoms with E-state index in [0.29, 0.717) is 18.0 Å². The molecule has 0 spiro atoms. The number of thiazole rings is 1. The Labute approximate surface area is 139 Å². The number of hydrogen-bond donors (Lipinski definition) is 1. The van der Waals surface area contributed by atoms with E-state index in [0.717, 1.165) is 8.79 Å². The fourth-order valence-electron chi connectivity index (χ4n) is 2.20. The van der Waals surface area contributed by atoms with E-state index in [1.165, 1.54) is 39.1 Å². The molecule has 0 radical (unpaired) electrons. The van der Waals surface area contributed by atoms with Crippen molar-refractivity contribution in [2.24, 2.45) is 0 Å². The number of amides is 1. The maximum absolute atomic E-state index is 12.0. The highest BCUT2D eigenvalue weighted by Crippen LogP contribution is 2.35. The number of aromatic nitrogens is 1. The molecule has 0 bridgehead atoms. The highest BCUT2D eigenvalue weighted by molar-refractivity contribution is 9.11. The Morgan fingerprint density at radius 1 is 1.48 bits per heavy atom. The van der Waals surface area contributed by atoms with Gasteiger partial charge < -0.3 is 0 Å². The van der Waals surface area contributed by atoms with Gasteiger partial charge in [0.05, 0.1) is 10.6 Å². The summed E-state index contributed by atoms with van der Waals surface area (Å²) in [6.07, 6.45) is 0.710. The lowest BCUT2D eigenvalue weighted by atomic mass is 10.1. The van der Waals surface area contributed by atoms with Crippen LogP contribution in [0.2, 0.25) is 0 Å². The molecule has 1 aromatic heterocycles. The molecule has 0 aliphatic carbocycles. The normalized spacial score (nSPS) is 15.0. The van der Waals surface area contributed by atoms with Gasteiger partial charge in [-0.1, -0.05) is 41.6 Å². The number of anilines is 1. The third-order valence-corrected chi connectivity index (χ3v) is 5.44. The first-order valence-corrected chi connectivity index (χ1v) is 8.89. The number of benzene rings is 1. The number of carbonyl (C=O) groups is 1. The van der Waals surface area contributed by atoms with Crippen molar-refractivity contribution in [2.45, 2.75) is 13.3 Å². The van der Waals surface area contributed by atoms with Crippen LogP contribution < -0.4 is 4.90 Å². The summed E-state index contributed by atoms with van der Waals surface area (Å²) < 4.78 is 0.734. The van der Waals surface area contributed by atoms with Gasteiger partial charge in [0.25, 0.3) is 0 Å². The SMILES string of the molecule is Cc1cccc(Cc2sc(Br)nc2N2C(=N)SCC2=O)c1. The first-order valence-electron chi connectivity index (χ1n) is 6.29. The third kappa shape index (κ3) is 3.04. The molecule has 1 aliphatic rings. The van der Waals surface area contributed by atoms with Gasteiger partial charge >= 0.3 is 0 Å². The number of nitrogens with one attached hydrogen (secondary N) is 1. The van der Waals surface area contributed by atoms with Crippen LogP contribution in [0, 0.1) is 12.3 Å². The molecule has 1 aliphatic heterocycles. The fourth-order valence-corrected chi connectivity index (χ4v) is 4.46. The zero-order valence-corrected chi connectivity index (χ0v) is 14.4. The van der Waals surface area contributed by atoms with E-state index in [1.807, 2.05) is 6.07 Å². The number of amidine groups is 1. The quantitative estimate of drug-likeness (QED) is 0.878. The van der Waals surface area contributed by atoms with Crippen LogP contribution >= 0.6 is 39.0 Å². The highest BCUT2D eigenvalue weighted by Gasteiger charge is 2.32. The highest BCUT2D eigenvalue weighted by atomic mass is 79.9. The molecule has 0 atom stereocenters. The van der Waals surface area contributed by atoms with E-state index in [4.69, 9.17) is 5.41 Å². The maximum atomic E-state index is 12.0. The largest absolute Gasteiger partial charge is 0.278 e. The number of aryl methyl sites for hydroxylation is 1. The van der Waals surface area contributed by atoms with Crippen molar-refractivity contribution in [2.75, 3.05) is 10.7 Å². The molecule has 1 saturated heterocycles. The van der Waals surface area contributed by atoms with Crippen molar-refractivity contribution in [3.05, 3.63) is 44.2 Å². The minimum atomic E-state index is -0.0757. The number of nitrogens with zero attached hydrogens (tertiary/aromatic N) is 2. The summed E-state index contributed by atoms with van der Waals surface area (Å²) in [5, 5.41) is 8.16. The molecule has 0 unspecified atom stereocenters. The molecule has 7 heteroatoms. The van der Waals surface area contributed by atoms with E-state index in [1.54, 1.807) is 0 Å². The van der Waals surface area contributed by atoms with E-state index in [9.17, 15) is 4.79 Å². The molecule has 2 heterocycles. The zero-order valence-electron chi connectivity index (χ0n) is 11.2. The van der Waals surface area contributed by atoms with Gasteiger partial charge in [-0.3, -0.25) is 10.2 Å². The molecule has 2 aromatic rings. The monoisotopic (exact) mass is 381 g/mol. The van der Waals surface area contributed by atoms with Crippen LogP contribution in [0.3, 0.4) is 0 Å². The molecule has 21 heavy (non-hydrogen) atoms. The predicted molar refractivity (Wildman–Crippen MR) is 91.5 cm³/mol. The Hall–Kier alpha value is -1.18. The van der Waals surface area contributed by atoms with Crippen LogP contribution in [0.25, 0.3) is 0 Å². The number of thioether (sulfide) groups is 1. The van der Waals surface area contributed by atoms with Gasteiger partial charge in [-0.15, -0.1) is 11.3 Å². The molecule has 3 rings (SSSR count). The summed E-state index contributed by atoms with van der Waals surface area (Å²) in [5.74, 6) is 0.833. The second-order valence-electron chi connectivity index (χ2n) is 4.70. The van der Waals surface area contributed by atoms with Crippen LogP contribution in [-0.4, -0.2) is 21.8 Å². The summed E-state index contributed by atoms with van der Waals surface area (Å²) >= 11 is 6.15. The van der Waals surface area contributed by atoms with E-state index in [-0.39, 0.29) is 11.1 Å². The van der Waals surface area contributed by atoms with Crippen molar-refractivity contribution in [3.8, 4) is 0 Å². The topological polar surface area (TPSA) is 57.1 Å². The Morgan fingerprint density at radius 3 is 2.95 bits per heavy atom. The van der Waals surface area contributed by atoms with E-state index < -0.39 is 0 Å². The summed E-state index contributed by atoms with van der Waals surface area (Å²) in [7, 11) is 0. The van der Waals surface area contributed by atoms with Gasteiger partial charge in [-0.05, 0) is 28.4 Å². The Bertz CT molecular complexity index is 713. The standard InChI is InChI=1S/C14H12BrN3OS2/c1-8-3-2-4-9(5-8)6-10-12(17-13(15)21-10)18-11(19)7-20-14(18)16/h2-5,16H,6-7H2,1H3. The minimum absolute atomic E-state index is 0.0757. The van der Waals surface area contributed by atoms with Crippen molar-refractivity contribution in [1.82, 2.24) is 4.98 Å². The second-order valence-corrected chi connectivity index (χ2v) is 8.03. The molecule has 1 amide bonds. The van der Waals surface area contributed by atoms with Gasteiger partial charge in [0.15, 0.2) is 14.9 Å². The molecular formula is C14H12BrN3OS2. The average molecular weight is 382 g/mol. The minimum Gasteiger partial charge on any atom is -0.278 e. The molecule has 1 fully saturated rings. The summed E-state index contributed by atoms with van der Waals surface area (Å²) in [4.78, 5) is 18.8. The molecule has 0 saturated carbocycles. The van der Waals surface area contributed by atoms with Crippen LogP contribution in [0.1, 0.15) is 16.0 Å². The van der Waals surface area contributed by atoms with E-state index in [2.05, 4.69) is 46.0 Å². The van der Waals surface area contributed by atoms with E-state index >= 15 is 0 Å².